The van der Waals surface area contributed by atoms with Crippen molar-refractivity contribution in [3.63, 3.8) is 0 Å². The highest BCUT2D eigenvalue weighted by atomic mass is 35.5. The van der Waals surface area contributed by atoms with Gasteiger partial charge in [-0.3, -0.25) is 4.98 Å². The van der Waals surface area contributed by atoms with E-state index in [0.29, 0.717) is 11.4 Å². The minimum Gasteiger partial charge on any atom is -0.444 e. The molecule has 1 unspecified atom stereocenters. The fraction of sp³-hybridized carbons (Fsp3) is 0.379. The van der Waals surface area contributed by atoms with Crippen LogP contribution in [0, 0.1) is 0 Å². The number of nitrogens with zero attached hydrogens (tertiary/aromatic N) is 4. The maximum Gasteiger partial charge on any atom is 0.410 e. The maximum absolute atomic E-state index is 11.8. The Balaban J connectivity index is 0.000000240. The van der Waals surface area contributed by atoms with Crippen LogP contribution in [0.15, 0.2) is 49.1 Å². The van der Waals surface area contributed by atoms with Crippen LogP contribution >= 0.6 is 11.6 Å². The number of pyridine rings is 1. The predicted octanol–water partition coefficient (Wildman–Crippen LogP) is 4.15. The highest BCUT2D eigenvalue weighted by molar-refractivity contribution is 6.30. The fourth-order valence-corrected chi connectivity index (χ4v) is 4.81. The Morgan fingerprint density at radius 2 is 1.95 bits per heavy atom. The SMILES string of the molecule is CC(C)(C)OC(=O)N1CCNCC1.Cn1cncc1C(NC(N)=O)C1=Cc2cccnc2Cc2ccc(Cl)cc21. The number of nitrogens with two attached hydrogens (primary N) is 1. The van der Waals surface area contributed by atoms with E-state index in [0.717, 1.165) is 59.8 Å². The van der Waals surface area contributed by atoms with Crippen molar-refractivity contribution in [2.24, 2.45) is 12.8 Å². The van der Waals surface area contributed by atoms with E-state index in [-0.39, 0.29) is 11.7 Å². The van der Waals surface area contributed by atoms with Crippen molar-refractivity contribution in [3.05, 3.63) is 82.2 Å². The minimum atomic E-state index is -0.610. The van der Waals surface area contributed by atoms with Crippen LogP contribution in [0.5, 0.6) is 0 Å². The summed E-state index contributed by atoms with van der Waals surface area (Å²) in [7, 11) is 1.88. The zero-order valence-corrected chi connectivity index (χ0v) is 24.0. The summed E-state index contributed by atoms with van der Waals surface area (Å²) in [4.78, 5) is 33.7. The van der Waals surface area contributed by atoms with Gasteiger partial charge in [0.2, 0.25) is 0 Å². The van der Waals surface area contributed by atoms with Gasteiger partial charge in [-0.15, -0.1) is 0 Å². The van der Waals surface area contributed by atoms with E-state index in [1.807, 2.05) is 68.8 Å². The van der Waals surface area contributed by atoms with Crippen LogP contribution in [0.25, 0.3) is 11.6 Å². The van der Waals surface area contributed by atoms with Crippen LogP contribution in [0.1, 0.15) is 54.9 Å². The van der Waals surface area contributed by atoms with Crippen molar-refractivity contribution in [1.82, 2.24) is 30.1 Å². The predicted molar refractivity (Wildman–Crippen MR) is 156 cm³/mol. The second-order valence-corrected chi connectivity index (χ2v) is 11.1. The quantitative estimate of drug-likeness (QED) is 0.438. The number of piperazine rings is 1. The van der Waals surface area contributed by atoms with Crippen LogP contribution < -0.4 is 16.4 Å². The molecule has 1 atom stereocenters. The van der Waals surface area contributed by atoms with E-state index in [2.05, 4.69) is 20.6 Å². The molecular formula is C29H36ClN7O3. The Labute approximate surface area is 239 Å². The average molecular weight is 566 g/mol. The number of primary amides is 1. The minimum absolute atomic E-state index is 0.200. The molecule has 3 amide bonds. The number of nitrogens with one attached hydrogen (secondary N) is 2. The Morgan fingerprint density at radius 1 is 1.20 bits per heavy atom. The second-order valence-electron chi connectivity index (χ2n) is 10.7. The van der Waals surface area contributed by atoms with Crippen LogP contribution in [-0.2, 0) is 18.2 Å². The summed E-state index contributed by atoms with van der Waals surface area (Å²) in [5, 5.41) is 6.67. The molecule has 11 heteroatoms. The number of fused-ring (bicyclic) bond motifs is 2. The average Bonchev–Trinajstić information content (AvgIpc) is 3.25. The molecule has 1 fully saturated rings. The van der Waals surface area contributed by atoms with Crippen LogP contribution in [0.2, 0.25) is 5.02 Å². The number of hydrogen-bond acceptors (Lipinski definition) is 6. The molecule has 0 bridgehead atoms. The van der Waals surface area contributed by atoms with E-state index >= 15 is 0 Å². The summed E-state index contributed by atoms with van der Waals surface area (Å²) in [6.45, 7) is 8.86. The van der Waals surface area contributed by atoms with Gasteiger partial charge in [0, 0.05) is 50.9 Å². The Hall–Kier alpha value is -3.89. The van der Waals surface area contributed by atoms with E-state index in [1.54, 1.807) is 23.6 Å². The smallest absolute Gasteiger partial charge is 0.410 e. The third-order valence-electron chi connectivity index (χ3n) is 6.49. The first-order chi connectivity index (χ1) is 19.0. The standard InChI is InChI=1S/C20H18ClN5O.C9H18N2O2/c1-26-11-23-10-18(26)19(25-20(22)27)16-7-13-3-2-6-24-17(13)8-12-4-5-14(21)9-15(12)16;1-9(2,3)13-8(12)11-6-4-10-5-7-11/h2-7,9-11,19H,8H2,1H3,(H3,22,25,27);10H,4-7H2,1-3H3. The van der Waals surface area contributed by atoms with Gasteiger partial charge in [-0.05, 0) is 67.3 Å². The van der Waals surface area contributed by atoms with Crippen LogP contribution in [0.3, 0.4) is 0 Å². The molecule has 1 aliphatic carbocycles. The topological polar surface area (TPSA) is 127 Å². The molecule has 5 rings (SSSR count). The summed E-state index contributed by atoms with van der Waals surface area (Å²) in [6, 6.07) is 8.61. The van der Waals surface area contributed by atoms with Crippen molar-refractivity contribution in [2.45, 2.75) is 38.8 Å². The van der Waals surface area contributed by atoms with Gasteiger partial charge >= 0.3 is 12.1 Å². The first-order valence-corrected chi connectivity index (χ1v) is 13.5. The first-order valence-electron chi connectivity index (χ1n) is 13.2. The normalized spacial score (nSPS) is 15.3. The zero-order chi connectivity index (χ0) is 28.9. The number of carbonyl (C=O) groups is 2. The molecule has 2 aliphatic rings. The maximum atomic E-state index is 11.8. The molecule has 0 saturated carbocycles. The lowest BCUT2D eigenvalue weighted by molar-refractivity contribution is 0.0229. The van der Waals surface area contributed by atoms with E-state index in [1.165, 1.54) is 0 Å². The molecule has 4 N–H and O–H groups in total. The first kappa shape index (κ1) is 29.1. The highest BCUT2D eigenvalue weighted by Crippen LogP contribution is 2.38. The van der Waals surface area contributed by atoms with Gasteiger partial charge in [-0.1, -0.05) is 23.7 Å². The lowest BCUT2D eigenvalue weighted by Gasteiger charge is -2.30. The van der Waals surface area contributed by atoms with Crippen LogP contribution in [-0.4, -0.2) is 63.3 Å². The Morgan fingerprint density at radius 3 is 2.60 bits per heavy atom. The Kier molecular flexibility index (Phi) is 9.11. The summed E-state index contributed by atoms with van der Waals surface area (Å²) in [6.07, 6.45) is 7.72. The molecule has 2 aromatic heterocycles. The van der Waals surface area contributed by atoms with Crippen molar-refractivity contribution in [2.75, 3.05) is 26.2 Å². The molecule has 3 aromatic rings. The molecule has 0 radical (unpaired) electrons. The number of urea groups is 1. The molecule has 212 valence electrons. The fourth-order valence-electron chi connectivity index (χ4n) is 4.64. The summed E-state index contributed by atoms with van der Waals surface area (Å²) in [5.41, 5.74) is 10.8. The van der Waals surface area contributed by atoms with Crippen molar-refractivity contribution in [1.29, 1.82) is 0 Å². The number of ether oxygens (including phenoxy) is 1. The number of aromatic nitrogens is 3. The number of halogens is 1. The molecule has 0 spiro atoms. The lowest BCUT2D eigenvalue weighted by atomic mass is 9.92. The Bertz CT molecular complexity index is 1390. The third kappa shape index (κ3) is 7.40. The molecule has 3 heterocycles. The van der Waals surface area contributed by atoms with Gasteiger partial charge in [0.1, 0.15) is 5.60 Å². The summed E-state index contributed by atoms with van der Waals surface area (Å²) >= 11 is 6.30. The number of rotatable bonds is 3. The molecule has 10 nitrogen and oxygen atoms in total. The van der Waals surface area contributed by atoms with Crippen molar-refractivity contribution in [3.8, 4) is 0 Å². The van der Waals surface area contributed by atoms with Crippen molar-refractivity contribution < 1.29 is 14.3 Å². The number of carbonyl (C=O) groups excluding carboxylic acids is 2. The van der Waals surface area contributed by atoms with Gasteiger partial charge in [0.05, 0.1) is 30.0 Å². The van der Waals surface area contributed by atoms with Crippen molar-refractivity contribution >= 4 is 35.4 Å². The summed E-state index contributed by atoms with van der Waals surface area (Å²) in [5.74, 6) is 0. The number of benzene rings is 1. The molecule has 40 heavy (non-hydrogen) atoms. The molecule has 1 aromatic carbocycles. The number of aryl methyl sites for hydroxylation is 1. The second kappa shape index (κ2) is 12.5. The number of hydrogen-bond donors (Lipinski definition) is 3. The molecule has 1 aliphatic heterocycles. The lowest BCUT2D eigenvalue weighted by Crippen LogP contribution is -2.48. The third-order valence-corrected chi connectivity index (χ3v) is 6.73. The summed E-state index contributed by atoms with van der Waals surface area (Å²) < 4.78 is 7.10. The van der Waals surface area contributed by atoms with Gasteiger partial charge in [0.25, 0.3) is 0 Å². The molecular weight excluding hydrogens is 530 g/mol. The monoisotopic (exact) mass is 565 g/mol. The number of amides is 3. The van der Waals surface area contributed by atoms with Crippen LogP contribution in [0.4, 0.5) is 9.59 Å². The van der Waals surface area contributed by atoms with Gasteiger partial charge in [-0.25, -0.2) is 14.6 Å². The van der Waals surface area contributed by atoms with E-state index in [4.69, 9.17) is 22.1 Å². The molecule has 1 saturated heterocycles. The van der Waals surface area contributed by atoms with E-state index in [9.17, 15) is 9.59 Å². The zero-order valence-electron chi connectivity index (χ0n) is 23.3. The van der Waals surface area contributed by atoms with E-state index < -0.39 is 12.1 Å². The van der Waals surface area contributed by atoms with Gasteiger partial charge < -0.3 is 30.6 Å². The van der Waals surface area contributed by atoms with Gasteiger partial charge in [-0.2, -0.15) is 0 Å². The van der Waals surface area contributed by atoms with Gasteiger partial charge in [0.15, 0.2) is 0 Å². The number of imidazole rings is 1. The largest absolute Gasteiger partial charge is 0.444 e. The highest BCUT2D eigenvalue weighted by Gasteiger charge is 2.27.